The smallest absolute Gasteiger partial charge is 0.263 e. The molecule has 0 bridgehead atoms. The Morgan fingerprint density at radius 1 is 1.00 bits per heavy atom. The molecule has 2 heterocycles. The zero-order valence-corrected chi connectivity index (χ0v) is 17.7. The van der Waals surface area contributed by atoms with Crippen molar-refractivity contribution in [3.8, 4) is 22.4 Å². The van der Waals surface area contributed by atoms with Gasteiger partial charge in [-0.25, -0.2) is 9.37 Å². The Balaban J connectivity index is 1.68. The predicted octanol–water partition coefficient (Wildman–Crippen LogP) is 4.15. The Morgan fingerprint density at radius 3 is 2.38 bits per heavy atom. The fraction of sp³-hybridized carbons (Fsp3) is 0.160. The number of nitrogens with one attached hydrogen (secondary N) is 1. The second-order valence-corrected chi connectivity index (χ2v) is 7.50. The van der Waals surface area contributed by atoms with Gasteiger partial charge in [-0.2, -0.15) is 0 Å². The van der Waals surface area contributed by atoms with Crippen LogP contribution in [0.25, 0.3) is 22.4 Å². The van der Waals surface area contributed by atoms with Gasteiger partial charge in [0.1, 0.15) is 5.82 Å². The fourth-order valence-corrected chi connectivity index (χ4v) is 3.56. The lowest BCUT2D eigenvalue weighted by molar-refractivity contribution is 0.628. The van der Waals surface area contributed by atoms with Gasteiger partial charge in [0.2, 0.25) is 5.95 Å². The Bertz CT molecular complexity index is 1240. The summed E-state index contributed by atoms with van der Waals surface area (Å²) < 4.78 is 14.9. The van der Waals surface area contributed by atoms with Crippen molar-refractivity contribution in [2.24, 2.45) is 12.8 Å². The number of pyridine rings is 1. The van der Waals surface area contributed by atoms with Gasteiger partial charge in [0.25, 0.3) is 5.56 Å². The summed E-state index contributed by atoms with van der Waals surface area (Å²) in [4.78, 5) is 22.2. The zero-order valence-electron chi connectivity index (χ0n) is 17.7. The first kappa shape index (κ1) is 21.4. The van der Waals surface area contributed by atoms with Gasteiger partial charge < -0.3 is 11.1 Å². The van der Waals surface area contributed by atoms with Crippen LogP contribution in [0.4, 0.5) is 10.3 Å². The van der Waals surface area contributed by atoms with E-state index in [1.807, 2.05) is 30.3 Å². The van der Waals surface area contributed by atoms with Crippen LogP contribution < -0.4 is 16.6 Å². The van der Waals surface area contributed by atoms with Gasteiger partial charge in [0, 0.05) is 37.6 Å². The summed E-state index contributed by atoms with van der Waals surface area (Å²) in [5.74, 6) is 0.0740. The third-order valence-electron chi connectivity index (χ3n) is 5.34. The third-order valence-corrected chi connectivity index (χ3v) is 5.34. The summed E-state index contributed by atoms with van der Waals surface area (Å²) in [7, 11) is 1.66. The highest BCUT2D eigenvalue weighted by Crippen LogP contribution is 2.28. The molecule has 3 N–H and O–H groups in total. The number of halogens is 1. The standard InChI is InChI=1S/C25H24FN5O/c1-31-24(32)22(18-7-9-20(26)10-8-18)23(19-11-14-28-15-12-19)30-25(31)29-16-13-21(27)17-5-3-2-4-6-17/h2-12,14-15,21H,13,16,27H2,1H3,(H,29,30)/t21-/m1/s1. The van der Waals surface area contributed by atoms with E-state index in [2.05, 4.69) is 10.3 Å². The lowest BCUT2D eigenvalue weighted by Gasteiger charge is -2.17. The van der Waals surface area contributed by atoms with Gasteiger partial charge in [0.05, 0.1) is 11.3 Å². The fourth-order valence-electron chi connectivity index (χ4n) is 3.56. The van der Waals surface area contributed by atoms with Crippen molar-refractivity contribution < 1.29 is 4.39 Å². The molecule has 0 fully saturated rings. The first-order chi connectivity index (χ1) is 15.5. The number of nitrogens with zero attached hydrogens (tertiary/aromatic N) is 3. The maximum absolute atomic E-state index is 13.5. The van der Waals surface area contributed by atoms with Crippen LogP contribution >= 0.6 is 0 Å². The number of hydrogen-bond acceptors (Lipinski definition) is 5. The molecule has 7 heteroatoms. The molecule has 0 unspecified atom stereocenters. The Morgan fingerprint density at radius 2 is 1.69 bits per heavy atom. The van der Waals surface area contributed by atoms with Gasteiger partial charge in [-0.05, 0) is 41.8 Å². The van der Waals surface area contributed by atoms with E-state index in [9.17, 15) is 9.18 Å². The van der Waals surface area contributed by atoms with Crippen LogP contribution in [0.2, 0.25) is 0 Å². The minimum absolute atomic E-state index is 0.126. The van der Waals surface area contributed by atoms with Crippen molar-refractivity contribution in [1.29, 1.82) is 0 Å². The predicted molar refractivity (Wildman–Crippen MR) is 125 cm³/mol. The molecule has 2 aromatic heterocycles. The van der Waals surface area contributed by atoms with E-state index in [-0.39, 0.29) is 17.4 Å². The highest BCUT2D eigenvalue weighted by Gasteiger charge is 2.18. The molecular weight excluding hydrogens is 405 g/mol. The zero-order chi connectivity index (χ0) is 22.5. The van der Waals surface area contributed by atoms with E-state index in [1.165, 1.54) is 16.7 Å². The van der Waals surface area contributed by atoms with Crippen molar-refractivity contribution >= 4 is 5.95 Å². The maximum atomic E-state index is 13.5. The topological polar surface area (TPSA) is 85.8 Å². The molecule has 4 rings (SSSR count). The second kappa shape index (κ2) is 9.53. The van der Waals surface area contributed by atoms with Crippen LogP contribution in [-0.4, -0.2) is 21.1 Å². The normalized spacial score (nSPS) is 11.8. The molecule has 1 atom stereocenters. The van der Waals surface area contributed by atoms with Gasteiger partial charge in [0.15, 0.2) is 0 Å². The SMILES string of the molecule is Cn1c(NCC[C@@H](N)c2ccccc2)nc(-c2ccncc2)c(-c2ccc(F)cc2)c1=O. The van der Waals surface area contributed by atoms with Gasteiger partial charge in [-0.1, -0.05) is 42.5 Å². The molecule has 0 aliphatic heterocycles. The summed E-state index contributed by atoms with van der Waals surface area (Å²) >= 11 is 0. The van der Waals surface area contributed by atoms with Crippen molar-refractivity contribution in [2.45, 2.75) is 12.5 Å². The first-order valence-corrected chi connectivity index (χ1v) is 10.4. The Kier molecular flexibility index (Phi) is 6.37. The highest BCUT2D eigenvalue weighted by molar-refractivity contribution is 5.80. The molecule has 2 aromatic carbocycles. The lowest BCUT2D eigenvalue weighted by Crippen LogP contribution is -2.26. The average molecular weight is 429 g/mol. The van der Waals surface area contributed by atoms with Crippen molar-refractivity contribution in [2.75, 3.05) is 11.9 Å². The number of benzene rings is 2. The molecule has 4 aromatic rings. The quantitative estimate of drug-likeness (QED) is 0.461. The van der Waals surface area contributed by atoms with E-state index < -0.39 is 0 Å². The van der Waals surface area contributed by atoms with Crippen LogP contribution in [0.15, 0.2) is 83.9 Å². The monoisotopic (exact) mass is 429 g/mol. The van der Waals surface area contributed by atoms with Crippen LogP contribution in [0.5, 0.6) is 0 Å². The van der Waals surface area contributed by atoms with E-state index >= 15 is 0 Å². The molecule has 6 nitrogen and oxygen atoms in total. The molecular formula is C25H24FN5O. The number of aromatic nitrogens is 3. The molecule has 0 aliphatic carbocycles. The van der Waals surface area contributed by atoms with Crippen LogP contribution in [0.1, 0.15) is 18.0 Å². The summed E-state index contributed by atoms with van der Waals surface area (Å²) in [5, 5.41) is 3.25. The van der Waals surface area contributed by atoms with Crippen LogP contribution in [-0.2, 0) is 7.05 Å². The van der Waals surface area contributed by atoms with Crippen LogP contribution in [0.3, 0.4) is 0 Å². The highest BCUT2D eigenvalue weighted by atomic mass is 19.1. The third kappa shape index (κ3) is 4.58. The van der Waals surface area contributed by atoms with Gasteiger partial charge in [-0.15, -0.1) is 0 Å². The molecule has 0 radical (unpaired) electrons. The average Bonchev–Trinajstić information content (AvgIpc) is 2.83. The van der Waals surface area contributed by atoms with Crippen molar-refractivity contribution in [1.82, 2.24) is 14.5 Å². The van der Waals surface area contributed by atoms with Crippen molar-refractivity contribution in [3.05, 3.63) is 101 Å². The molecule has 0 saturated carbocycles. The maximum Gasteiger partial charge on any atom is 0.263 e. The molecule has 0 amide bonds. The number of hydrogen-bond donors (Lipinski definition) is 2. The molecule has 32 heavy (non-hydrogen) atoms. The Hall–Kier alpha value is -3.84. The van der Waals surface area contributed by atoms with Gasteiger partial charge >= 0.3 is 0 Å². The molecule has 0 saturated heterocycles. The van der Waals surface area contributed by atoms with Crippen LogP contribution in [0, 0.1) is 5.82 Å². The van der Waals surface area contributed by atoms with Gasteiger partial charge in [-0.3, -0.25) is 14.3 Å². The summed E-state index contributed by atoms with van der Waals surface area (Å²) in [6.07, 6.45) is 3.97. The van der Waals surface area contributed by atoms with E-state index in [4.69, 9.17) is 10.7 Å². The molecule has 162 valence electrons. The Labute approximate surface area is 185 Å². The minimum atomic E-state index is -0.364. The summed E-state index contributed by atoms with van der Waals surface area (Å²) in [5.41, 5.74) is 9.39. The van der Waals surface area contributed by atoms with Crippen molar-refractivity contribution in [3.63, 3.8) is 0 Å². The molecule has 0 spiro atoms. The number of anilines is 1. The van der Waals surface area contributed by atoms with E-state index in [0.717, 1.165) is 11.1 Å². The lowest BCUT2D eigenvalue weighted by atomic mass is 10.0. The number of nitrogens with two attached hydrogens (primary N) is 1. The second-order valence-electron chi connectivity index (χ2n) is 7.50. The summed E-state index contributed by atoms with van der Waals surface area (Å²) in [6, 6.07) is 19.2. The summed E-state index contributed by atoms with van der Waals surface area (Å²) in [6.45, 7) is 0.544. The minimum Gasteiger partial charge on any atom is -0.355 e. The largest absolute Gasteiger partial charge is 0.355 e. The number of rotatable bonds is 7. The van der Waals surface area contributed by atoms with E-state index in [0.29, 0.717) is 35.7 Å². The molecule has 0 aliphatic rings. The van der Waals surface area contributed by atoms with E-state index in [1.54, 1.807) is 43.7 Å². The first-order valence-electron chi connectivity index (χ1n) is 10.4.